The van der Waals surface area contributed by atoms with Crippen LogP contribution >= 0.6 is 11.3 Å². The van der Waals surface area contributed by atoms with Gasteiger partial charge in [0.2, 0.25) is 0 Å². The average molecular weight is 381 g/mol. The number of benzene rings is 1. The molecule has 0 aliphatic heterocycles. The molecule has 0 aliphatic carbocycles. The Morgan fingerprint density at radius 2 is 1.76 bits per heavy atom. The van der Waals surface area contributed by atoms with Gasteiger partial charge in [0.05, 0.1) is 11.9 Å². The zero-order chi connectivity index (χ0) is 18.0. The van der Waals surface area contributed by atoms with E-state index >= 15 is 0 Å². The fourth-order valence-electron chi connectivity index (χ4n) is 2.01. The van der Waals surface area contributed by atoms with Gasteiger partial charge in [-0.15, -0.1) is 11.3 Å². The van der Waals surface area contributed by atoms with E-state index in [1.165, 1.54) is 41.8 Å². The molecular weight excluding hydrogens is 368 g/mol. The number of sulfonamides is 1. The molecule has 9 heteroatoms. The first-order chi connectivity index (χ1) is 11.8. The van der Waals surface area contributed by atoms with Crippen LogP contribution in [0.2, 0.25) is 0 Å². The summed E-state index contributed by atoms with van der Waals surface area (Å²) in [4.78, 5) is 4.95. The number of nitrogens with one attached hydrogen (secondary N) is 2. The number of nitrogens with zero attached hydrogens (tertiary/aromatic N) is 1. The van der Waals surface area contributed by atoms with Gasteiger partial charge in [0.1, 0.15) is 10.0 Å². The molecule has 0 aliphatic rings. The SMILES string of the molecule is Cc1ccc(S(=O)(=O)Nc2ccc(Nc3ccc(F)c(F)c3)nc2)s1. The Labute approximate surface area is 147 Å². The number of anilines is 3. The Morgan fingerprint density at radius 3 is 2.36 bits per heavy atom. The summed E-state index contributed by atoms with van der Waals surface area (Å²) in [5.41, 5.74) is 0.621. The van der Waals surface area contributed by atoms with Gasteiger partial charge in [0.15, 0.2) is 11.6 Å². The summed E-state index contributed by atoms with van der Waals surface area (Å²) >= 11 is 1.17. The van der Waals surface area contributed by atoms with Crippen LogP contribution in [0.3, 0.4) is 0 Å². The minimum Gasteiger partial charge on any atom is -0.340 e. The summed E-state index contributed by atoms with van der Waals surface area (Å²) in [6, 6.07) is 9.69. The average Bonchev–Trinajstić information content (AvgIpc) is 3.00. The van der Waals surface area contributed by atoms with Crippen LogP contribution < -0.4 is 10.0 Å². The van der Waals surface area contributed by atoms with Gasteiger partial charge in [0.25, 0.3) is 10.0 Å². The van der Waals surface area contributed by atoms with Gasteiger partial charge in [-0.1, -0.05) is 0 Å². The van der Waals surface area contributed by atoms with E-state index in [9.17, 15) is 17.2 Å². The summed E-state index contributed by atoms with van der Waals surface area (Å²) in [7, 11) is -3.66. The van der Waals surface area contributed by atoms with Gasteiger partial charge < -0.3 is 5.32 Å². The normalized spacial score (nSPS) is 11.3. The quantitative estimate of drug-likeness (QED) is 0.692. The monoisotopic (exact) mass is 381 g/mol. The molecule has 0 atom stereocenters. The molecule has 130 valence electrons. The molecule has 0 spiro atoms. The van der Waals surface area contributed by atoms with Crippen molar-refractivity contribution in [3.8, 4) is 0 Å². The highest BCUT2D eigenvalue weighted by atomic mass is 32.2. The van der Waals surface area contributed by atoms with Crippen molar-refractivity contribution in [3.63, 3.8) is 0 Å². The highest BCUT2D eigenvalue weighted by Gasteiger charge is 2.16. The third kappa shape index (κ3) is 4.12. The molecule has 0 saturated heterocycles. The molecule has 25 heavy (non-hydrogen) atoms. The van der Waals surface area contributed by atoms with Crippen molar-refractivity contribution in [1.82, 2.24) is 4.98 Å². The van der Waals surface area contributed by atoms with Crippen LogP contribution in [0, 0.1) is 18.6 Å². The molecule has 5 nitrogen and oxygen atoms in total. The van der Waals surface area contributed by atoms with E-state index in [2.05, 4.69) is 15.0 Å². The number of hydrogen-bond donors (Lipinski definition) is 2. The summed E-state index contributed by atoms with van der Waals surface area (Å²) < 4.78 is 53.2. The van der Waals surface area contributed by atoms with Crippen molar-refractivity contribution in [2.24, 2.45) is 0 Å². The van der Waals surface area contributed by atoms with E-state index in [-0.39, 0.29) is 4.21 Å². The lowest BCUT2D eigenvalue weighted by Crippen LogP contribution is -2.11. The lowest BCUT2D eigenvalue weighted by atomic mass is 10.3. The molecule has 0 bridgehead atoms. The molecular formula is C16H13F2N3O2S2. The van der Waals surface area contributed by atoms with Gasteiger partial charge in [-0.25, -0.2) is 22.2 Å². The number of pyridine rings is 1. The lowest BCUT2D eigenvalue weighted by Gasteiger charge is -2.08. The first-order valence-electron chi connectivity index (χ1n) is 7.11. The minimum atomic E-state index is -3.66. The van der Waals surface area contributed by atoms with Crippen LogP contribution in [0.25, 0.3) is 0 Å². The minimum absolute atomic E-state index is 0.217. The van der Waals surface area contributed by atoms with Crippen LogP contribution in [0.5, 0.6) is 0 Å². The molecule has 0 radical (unpaired) electrons. The van der Waals surface area contributed by atoms with Crippen molar-refractivity contribution >= 4 is 38.6 Å². The summed E-state index contributed by atoms with van der Waals surface area (Å²) in [5, 5.41) is 2.80. The maximum atomic E-state index is 13.2. The topological polar surface area (TPSA) is 71.1 Å². The van der Waals surface area contributed by atoms with Crippen LogP contribution in [-0.4, -0.2) is 13.4 Å². The largest absolute Gasteiger partial charge is 0.340 e. The maximum absolute atomic E-state index is 13.2. The number of aromatic nitrogens is 1. The number of hydrogen-bond acceptors (Lipinski definition) is 5. The van der Waals surface area contributed by atoms with Gasteiger partial charge >= 0.3 is 0 Å². The smallest absolute Gasteiger partial charge is 0.271 e. The Balaban J connectivity index is 1.72. The zero-order valence-corrected chi connectivity index (χ0v) is 14.6. The van der Waals surface area contributed by atoms with E-state index < -0.39 is 21.7 Å². The fourth-order valence-corrected chi connectivity index (χ4v) is 4.34. The highest BCUT2D eigenvalue weighted by molar-refractivity contribution is 7.94. The van der Waals surface area contributed by atoms with Gasteiger partial charge in [-0.05, 0) is 43.3 Å². The highest BCUT2D eigenvalue weighted by Crippen LogP contribution is 2.24. The third-order valence-corrected chi connectivity index (χ3v) is 6.06. The van der Waals surface area contributed by atoms with Crippen molar-refractivity contribution in [2.45, 2.75) is 11.1 Å². The van der Waals surface area contributed by atoms with Crippen LogP contribution in [-0.2, 0) is 10.0 Å². The maximum Gasteiger partial charge on any atom is 0.271 e. The van der Waals surface area contributed by atoms with Crippen LogP contribution in [0.1, 0.15) is 4.88 Å². The van der Waals surface area contributed by atoms with E-state index in [0.29, 0.717) is 17.2 Å². The first kappa shape index (κ1) is 17.3. The third-order valence-electron chi connectivity index (χ3n) is 3.19. The lowest BCUT2D eigenvalue weighted by molar-refractivity contribution is 0.509. The Bertz CT molecular complexity index is 1000. The fraction of sp³-hybridized carbons (Fsp3) is 0.0625. The van der Waals surface area contributed by atoms with Crippen LogP contribution in [0.4, 0.5) is 26.0 Å². The van der Waals surface area contributed by atoms with Crippen molar-refractivity contribution in [1.29, 1.82) is 0 Å². The molecule has 1 aromatic carbocycles. The van der Waals surface area contributed by atoms with E-state index in [4.69, 9.17) is 0 Å². The number of thiophene rings is 1. The Hall–Kier alpha value is -2.52. The standard InChI is InChI=1S/C16H13F2N3O2S2/c1-10-2-7-16(24-10)25(22,23)21-12-4-6-15(19-9-12)20-11-3-5-13(17)14(18)8-11/h2-9,21H,1H3,(H,19,20). The van der Waals surface area contributed by atoms with Crippen molar-refractivity contribution in [2.75, 3.05) is 10.0 Å². The van der Waals surface area contributed by atoms with Gasteiger partial charge in [-0.2, -0.15) is 0 Å². The molecule has 0 unspecified atom stereocenters. The predicted octanol–water partition coefficient (Wildman–Crippen LogP) is 4.27. The number of rotatable bonds is 5. The summed E-state index contributed by atoms with van der Waals surface area (Å²) in [6.07, 6.45) is 1.33. The molecule has 2 heterocycles. The molecule has 3 aromatic rings. The molecule has 2 aromatic heterocycles. The van der Waals surface area contributed by atoms with Crippen molar-refractivity contribution in [3.05, 3.63) is 65.2 Å². The van der Waals surface area contributed by atoms with E-state index in [1.54, 1.807) is 6.07 Å². The number of aryl methyl sites for hydroxylation is 1. The zero-order valence-electron chi connectivity index (χ0n) is 13.0. The summed E-state index contributed by atoms with van der Waals surface area (Å²) in [5.74, 6) is -1.55. The first-order valence-corrected chi connectivity index (χ1v) is 9.41. The Kier molecular flexibility index (Phi) is 4.69. The van der Waals surface area contributed by atoms with E-state index in [0.717, 1.165) is 17.0 Å². The second-order valence-electron chi connectivity index (χ2n) is 5.16. The Morgan fingerprint density at radius 1 is 1.00 bits per heavy atom. The predicted molar refractivity (Wildman–Crippen MR) is 93.7 cm³/mol. The molecule has 0 amide bonds. The van der Waals surface area contributed by atoms with Gasteiger partial charge in [-0.3, -0.25) is 4.72 Å². The molecule has 3 rings (SSSR count). The molecule has 0 saturated carbocycles. The van der Waals surface area contributed by atoms with Gasteiger partial charge in [0, 0.05) is 16.6 Å². The summed E-state index contributed by atoms with van der Waals surface area (Å²) in [6.45, 7) is 1.82. The molecule has 2 N–H and O–H groups in total. The van der Waals surface area contributed by atoms with Crippen LogP contribution in [0.15, 0.2) is 52.9 Å². The van der Waals surface area contributed by atoms with Crippen molar-refractivity contribution < 1.29 is 17.2 Å². The van der Waals surface area contributed by atoms with E-state index in [1.807, 2.05) is 6.92 Å². The second-order valence-corrected chi connectivity index (χ2v) is 8.35. The second kappa shape index (κ2) is 6.77. The molecule has 0 fully saturated rings. The number of halogens is 2.